The average molecular weight is 427 g/mol. The predicted octanol–water partition coefficient (Wildman–Crippen LogP) is 3.27. The number of hydrogen-bond acceptors (Lipinski definition) is 5. The number of guanidine groups is 1. The lowest BCUT2D eigenvalue weighted by molar-refractivity contribution is 0.187. The maximum absolute atomic E-state index is 14.1. The molecule has 0 spiro atoms. The first-order valence-electron chi connectivity index (χ1n) is 9.51. The number of nitrogens with zero attached hydrogens (tertiary/aromatic N) is 5. The van der Waals surface area contributed by atoms with Crippen molar-refractivity contribution in [3.63, 3.8) is 0 Å². The summed E-state index contributed by atoms with van der Waals surface area (Å²) in [5, 5.41) is 14.0. The highest BCUT2D eigenvalue weighted by molar-refractivity contribution is 5.99. The molecule has 0 saturated heterocycles. The van der Waals surface area contributed by atoms with Crippen LogP contribution in [0.1, 0.15) is 12.6 Å². The summed E-state index contributed by atoms with van der Waals surface area (Å²) in [6, 6.07) is 6.92. The van der Waals surface area contributed by atoms with Crippen molar-refractivity contribution in [1.82, 2.24) is 14.8 Å². The molecule has 1 aromatic carbocycles. The van der Waals surface area contributed by atoms with E-state index in [9.17, 15) is 9.18 Å². The Morgan fingerprint density at radius 2 is 1.97 bits per heavy atom. The van der Waals surface area contributed by atoms with Gasteiger partial charge in [-0.3, -0.25) is 4.98 Å². The molecular formula is C21H26FN7O2. The number of carbonyl (C=O) groups excluding carboxylic acids is 1. The molecular weight excluding hydrogens is 401 g/mol. The van der Waals surface area contributed by atoms with Crippen molar-refractivity contribution in [3.8, 4) is 11.9 Å². The largest absolute Gasteiger partial charge is 0.489 e. The van der Waals surface area contributed by atoms with Crippen LogP contribution in [-0.4, -0.2) is 60.6 Å². The fourth-order valence-corrected chi connectivity index (χ4v) is 2.85. The van der Waals surface area contributed by atoms with Gasteiger partial charge in [0.2, 0.25) is 12.2 Å². The number of carbonyl (C=O) groups is 1. The van der Waals surface area contributed by atoms with Crippen LogP contribution in [0, 0.1) is 24.2 Å². The maximum atomic E-state index is 14.1. The van der Waals surface area contributed by atoms with Crippen LogP contribution < -0.4 is 15.4 Å². The van der Waals surface area contributed by atoms with E-state index in [4.69, 9.17) is 10.00 Å². The molecule has 0 saturated carbocycles. The van der Waals surface area contributed by atoms with Gasteiger partial charge in [-0.2, -0.15) is 5.26 Å². The molecule has 10 heteroatoms. The number of pyridine rings is 1. The Bertz CT molecular complexity index is 971. The molecule has 0 radical (unpaired) electrons. The van der Waals surface area contributed by atoms with Gasteiger partial charge in [0.25, 0.3) is 0 Å². The molecule has 1 atom stereocenters. The quantitative estimate of drug-likeness (QED) is 0.416. The van der Waals surface area contributed by atoms with E-state index in [1.165, 1.54) is 24.4 Å². The molecule has 1 aromatic heterocycles. The number of nitriles is 1. The van der Waals surface area contributed by atoms with Crippen LogP contribution in [0.5, 0.6) is 5.75 Å². The van der Waals surface area contributed by atoms with E-state index < -0.39 is 11.8 Å². The van der Waals surface area contributed by atoms with Gasteiger partial charge < -0.3 is 25.2 Å². The fraction of sp³-hybridized carbons (Fsp3) is 0.333. The second kappa shape index (κ2) is 10.8. The van der Waals surface area contributed by atoms with Crippen LogP contribution in [0.4, 0.5) is 20.6 Å². The zero-order valence-electron chi connectivity index (χ0n) is 18.2. The zero-order valence-corrected chi connectivity index (χ0v) is 18.2. The van der Waals surface area contributed by atoms with Crippen LogP contribution in [0.3, 0.4) is 0 Å². The molecule has 1 heterocycles. The van der Waals surface area contributed by atoms with E-state index in [1.807, 2.05) is 13.8 Å². The van der Waals surface area contributed by atoms with Crippen LogP contribution in [0.2, 0.25) is 0 Å². The van der Waals surface area contributed by atoms with Gasteiger partial charge in [0.1, 0.15) is 17.7 Å². The minimum atomic E-state index is -0.551. The number of anilines is 2. The molecule has 0 unspecified atom stereocenters. The topological polar surface area (TPSA) is 106 Å². The Hall–Kier alpha value is -3.87. The van der Waals surface area contributed by atoms with Crippen molar-refractivity contribution >= 4 is 23.4 Å². The van der Waals surface area contributed by atoms with E-state index in [0.29, 0.717) is 18.2 Å². The number of aryl methyl sites for hydroxylation is 1. The van der Waals surface area contributed by atoms with Crippen molar-refractivity contribution in [2.75, 3.05) is 38.3 Å². The third-order valence-electron chi connectivity index (χ3n) is 4.06. The summed E-state index contributed by atoms with van der Waals surface area (Å²) in [6.07, 6.45) is 2.95. The molecule has 2 N–H and O–H groups in total. The van der Waals surface area contributed by atoms with Gasteiger partial charge >= 0.3 is 6.03 Å². The third-order valence-corrected chi connectivity index (χ3v) is 4.06. The van der Waals surface area contributed by atoms with Gasteiger partial charge in [0.15, 0.2) is 0 Å². The first-order chi connectivity index (χ1) is 14.7. The Kier molecular flexibility index (Phi) is 8.14. The van der Waals surface area contributed by atoms with Gasteiger partial charge in [0, 0.05) is 44.7 Å². The fourth-order valence-electron chi connectivity index (χ4n) is 2.85. The Morgan fingerprint density at radius 1 is 1.26 bits per heavy atom. The highest BCUT2D eigenvalue weighted by Gasteiger charge is 2.15. The van der Waals surface area contributed by atoms with Gasteiger partial charge in [0.05, 0.1) is 18.4 Å². The van der Waals surface area contributed by atoms with Crippen molar-refractivity contribution in [2.45, 2.75) is 20.0 Å². The molecule has 0 fully saturated rings. The first kappa shape index (κ1) is 23.4. The van der Waals surface area contributed by atoms with Crippen molar-refractivity contribution in [2.24, 2.45) is 4.99 Å². The van der Waals surface area contributed by atoms with Gasteiger partial charge in [-0.15, -0.1) is 4.99 Å². The molecule has 9 nitrogen and oxygen atoms in total. The number of benzene rings is 1. The standard InChI is InChI=1S/C21H26FN7O2/c1-14-6-7-17(11-24-14)26-20(30)27-18-8-16(22)9-19(10-18)31-15(2)12-29(5)21(25-13-23)28(3)4/h6-11,15H,12H2,1-5H3,(H2,26,27,30)/t15-/m0/s1. The smallest absolute Gasteiger partial charge is 0.323 e. The molecule has 2 aromatic rings. The molecule has 164 valence electrons. The Labute approximate surface area is 181 Å². The number of hydrogen-bond donors (Lipinski definition) is 2. The molecule has 0 aliphatic heterocycles. The lowest BCUT2D eigenvalue weighted by atomic mass is 10.2. The van der Waals surface area contributed by atoms with Gasteiger partial charge in [-0.1, -0.05) is 0 Å². The van der Waals surface area contributed by atoms with Crippen LogP contribution >= 0.6 is 0 Å². The number of likely N-dealkylation sites (N-methyl/N-ethyl adjacent to an activating group) is 1. The monoisotopic (exact) mass is 427 g/mol. The van der Waals surface area contributed by atoms with Crippen molar-refractivity contribution in [3.05, 3.63) is 48.0 Å². The van der Waals surface area contributed by atoms with E-state index >= 15 is 0 Å². The second-order valence-electron chi connectivity index (χ2n) is 7.16. The SMILES string of the molecule is Cc1ccc(NC(=O)Nc2cc(F)cc(O[C@@H](C)CN(C)C(=NC#N)N(C)C)c2)cn1. The van der Waals surface area contributed by atoms with Crippen LogP contribution in [0.15, 0.2) is 41.5 Å². The van der Waals surface area contributed by atoms with Gasteiger partial charge in [-0.25, -0.2) is 9.18 Å². The van der Waals surface area contributed by atoms with E-state index in [-0.39, 0.29) is 17.5 Å². The molecule has 0 aliphatic carbocycles. The Balaban J connectivity index is 2.01. The maximum Gasteiger partial charge on any atom is 0.323 e. The lowest BCUT2D eigenvalue weighted by Gasteiger charge is -2.28. The predicted molar refractivity (Wildman–Crippen MR) is 117 cm³/mol. The number of urea groups is 1. The number of amides is 2. The molecule has 0 aliphatic rings. The number of rotatable bonds is 6. The third kappa shape index (κ3) is 7.47. The normalized spacial score (nSPS) is 11.8. The van der Waals surface area contributed by atoms with Crippen LogP contribution in [-0.2, 0) is 0 Å². The number of aliphatic imine (C=N–C) groups is 1. The summed E-state index contributed by atoms with van der Waals surface area (Å²) in [4.78, 5) is 23.5. The summed E-state index contributed by atoms with van der Waals surface area (Å²) in [7, 11) is 5.33. The second-order valence-corrected chi connectivity index (χ2v) is 7.16. The molecule has 0 bridgehead atoms. The number of nitrogens with one attached hydrogen (secondary N) is 2. The molecule has 2 amide bonds. The van der Waals surface area contributed by atoms with Crippen molar-refractivity contribution in [1.29, 1.82) is 5.26 Å². The summed E-state index contributed by atoms with van der Waals surface area (Å²) >= 11 is 0. The highest BCUT2D eigenvalue weighted by atomic mass is 19.1. The van der Waals surface area contributed by atoms with Gasteiger partial charge in [-0.05, 0) is 32.0 Å². The first-order valence-corrected chi connectivity index (χ1v) is 9.51. The summed E-state index contributed by atoms with van der Waals surface area (Å²) in [5.74, 6) is 0.184. The summed E-state index contributed by atoms with van der Waals surface area (Å²) in [6.45, 7) is 4.05. The Morgan fingerprint density at radius 3 is 2.58 bits per heavy atom. The van der Waals surface area contributed by atoms with Crippen LogP contribution in [0.25, 0.3) is 0 Å². The molecule has 2 rings (SSSR count). The van der Waals surface area contributed by atoms with E-state index in [2.05, 4.69) is 20.6 Å². The minimum Gasteiger partial charge on any atom is -0.489 e. The number of halogens is 1. The number of aromatic nitrogens is 1. The van der Waals surface area contributed by atoms with E-state index in [0.717, 1.165) is 5.69 Å². The minimum absolute atomic E-state index is 0.244. The number of ether oxygens (including phenoxy) is 1. The lowest BCUT2D eigenvalue weighted by Crippen LogP contribution is -2.42. The van der Waals surface area contributed by atoms with Crippen molar-refractivity contribution < 1.29 is 13.9 Å². The highest BCUT2D eigenvalue weighted by Crippen LogP contribution is 2.22. The van der Waals surface area contributed by atoms with E-state index in [1.54, 1.807) is 49.3 Å². The molecule has 31 heavy (non-hydrogen) atoms. The summed E-state index contributed by atoms with van der Waals surface area (Å²) in [5.41, 5.74) is 1.59. The zero-order chi connectivity index (χ0) is 23.0. The summed E-state index contributed by atoms with van der Waals surface area (Å²) < 4.78 is 19.9. The average Bonchev–Trinajstić information content (AvgIpc) is 2.66.